The molecule has 2 heterocycles. The summed E-state index contributed by atoms with van der Waals surface area (Å²) in [5.74, 6) is 2.28. The zero-order valence-electron chi connectivity index (χ0n) is 12.3. The van der Waals surface area contributed by atoms with Crippen LogP contribution in [-0.2, 0) is 0 Å². The molecule has 1 aliphatic rings. The van der Waals surface area contributed by atoms with Gasteiger partial charge < -0.3 is 0 Å². The molecule has 0 fully saturated rings. The van der Waals surface area contributed by atoms with Gasteiger partial charge in [-0.2, -0.15) is 0 Å². The summed E-state index contributed by atoms with van der Waals surface area (Å²) in [6.07, 6.45) is 1.01. The number of ether oxygens (including phenoxy) is 2. The van der Waals surface area contributed by atoms with Crippen LogP contribution >= 0.6 is 11.3 Å². The maximum absolute atomic E-state index is 6.05. The van der Waals surface area contributed by atoms with Crippen LogP contribution in [0.3, 0.4) is 0 Å². The van der Waals surface area contributed by atoms with Gasteiger partial charge in [-0.25, -0.2) is 0 Å². The number of hydrogen-bond donors (Lipinski definition) is 0. The quantitative estimate of drug-likeness (QED) is 0.605. The van der Waals surface area contributed by atoms with E-state index in [-0.39, 0.29) is 0 Å². The van der Waals surface area contributed by atoms with Gasteiger partial charge in [0.15, 0.2) is 0 Å². The summed E-state index contributed by atoms with van der Waals surface area (Å²) in [7, 11) is 0. The Morgan fingerprint density at radius 3 is 1.50 bits per heavy atom. The van der Waals surface area contributed by atoms with Gasteiger partial charge in [0.2, 0.25) is 0 Å². The minimum atomic E-state index is -2.10. The summed E-state index contributed by atoms with van der Waals surface area (Å²) in [6.45, 7) is 1.63. The van der Waals surface area contributed by atoms with Crippen LogP contribution in [0, 0.1) is 0 Å². The van der Waals surface area contributed by atoms with Crippen molar-refractivity contribution in [2.24, 2.45) is 0 Å². The molecule has 0 spiro atoms. The Kier molecular flexibility index (Phi) is 4.55. The van der Waals surface area contributed by atoms with Gasteiger partial charge in [0.25, 0.3) is 0 Å². The molecule has 18 heavy (non-hydrogen) atoms. The zero-order valence-corrected chi connectivity index (χ0v) is 18.9. The number of hydrogen-bond acceptors (Lipinski definition) is 3. The van der Waals surface area contributed by atoms with Crippen molar-refractivity contribution >= 4 is 53.9 Å². The number of rotatable bonds is 2. The van der Waals surface area contributed by atoms with E-state index in [1.807, 2.05) is 11.3 Å². The van der Waals surface area contributed by atoms with Crippen LogP contribution in [0.4, 0.5) is 0 Å². The molecule has 1 aromatic rings. The Morgan fingerprint density at radius 1 is 0.778 bits per heavy atom. The second-order valence-corrected chi connectivity index (χ2v) is 38.6. The summed E-state index contributed by atoms with van der Waals surface area (Å²) in [5.41, 5.74) is 0. The Labute approximate surface area is 123 Å². The van der Waals surface area contributed by atoms with Crippen LogP contribution in [0.5, 0.6) is 11.5 Å². The normalized spacial score (nSPS) is 16.6. The van der Waals surface area contributed by atoms with E-state index in [9.17, 15) is 0 Å². The molecule has 0 unspecified atom stereocenters. The predicted molar refractivity (Wildman–Crippen MR) is 85.9 cm³/mol. The molecule has 2 rings (SSSR count). The molecule has 1 aromatic heterocycles. The van der Waals surface area contributed by atoms with Gasteiger partial charge in [0.1, 0.15) is 0 Å². The fourth-order valence-electron chi connectivity index (χ4n) is 2.06. The molecular weight excluding hydrogens is 458 g/mol. The van der Waals surface area contributed by atoms with E-state index < -0.39 is 36.8 Å². The van der Waals surface area contributed by atoms with E-state index in [4.69, 9.17) is 9.47 Å². The first-order chi connectivity index (χ1) is 8.21. The zero-order chi connectivity index (χ0) is 13.6. The minimum absolute atomic E-state index is 0.817. The van der Waals surface area contributed by atoms with Crippen molar-refractivity contribution in [3.63, 3.8) is 0 Å². The first-order valence-electron chi connectivity index (χ1n) is 6.64. The summed E-state index contributed by atoms with van der Waals surface area (Å²) < 4.78 is 15.3. The van der Waals surface area contributed by atoms with Crippen LogP contribution in [0.2, 0.25) is 29.6 Å². The topological polar surface area (TPSA) is 18.5 Å². The molecule has 0 bridgehead atoms. The molecule has 0 atom stereocenters. The van der Waals surface area contributed by atoms with Crippen molar-refractivity contribution in [2.45, 2.75) is 36.1 Å². The van der Waals surface area contributed by atoms with E-state index >= 15 is 0 Å². The summed E-state index contributed by atoms with van der Waals surface area (Å²) >= 11 is -2.17. The Balaban J connectivity index is 2.60. The molecule has 0 amide bonds. The van der Waals surface area contributed by atoms with Gasteiger partial charge in [0.05, 0.1) is 0 Å². The molecule has 2 nitrogen and oxygen atoms in total. The standard InChI is InChI=1S/C7H6O2S.6CH3.2Sn/c1-2-8-6-4-10-5-7(6)9-3-1;;;;;;;;/h1-3H2;6*1H3;;. The monoisotopic (exact) mass is 484 g/mol. The van der Waals surface area contributed by atoms with Crippen molar-refractivity contribution in [3.8, 4) is 11.5 Å². The third-order valence-corrected chi connectivity index (χ3v) is 22.8. The van der Waals surface area contributed by atoms with E-state index in [0.717, 1.165) is 31.1 Å². The van der Waals surface area contributed by atoms with Crippen molar-refractivity contribution < 1.29 is 9.47 Å². The molecule has 0 N–H and O–H groups in total. The molecule has 0 saturated carbocycles. The fraction of sp³-hybridized carbons (Fsp3) is 0.692. The second kappa shape index (κ2) is 5.35. The van der Waals surface area contributed by atoms with Crippen molar-refractivity contribution in [1.82, 2.24) is 0 Å². The molecule has 0 aromatic carbocycles. The second-order valence-electron chi connectivity index (χ2n) is 6.97. The summed E-state index contributed by atoms with van der Waals surface area (Å²) in [4.78, 5) is 14.8. The first kappa shape index (κ1) is 15.3. The van der Waals surface area contributed by atoms with E-state index in [1.54, 1.807) is 5.79 Å². The van der Waals surface area contributed by atoms with Gasteiger partial charge in [-0.3, -0.25) is 0 Å². The first-order valence-corrected chi connectivity index (χ1v) is 27.4. The maximum atomic E-state index is 6.05. The molecule has 5 heteroatoms. The predicted octanol–water partition coefficient (Wildman–Crippen LogP) is 3.00. The summed E-state index contributed by atoms with van der Waals surface area (Å²) in [6, 6.07) is 0. The van der Waals surface area contributed by atoms with E-state index in [0.29, 0.717) is 0 Å². The molecule has 1 aliphatic heterocycles. The Morgan fingerprint density at radius 2 is 1.17 bits per heavy atom. The van der Waals surface area contributed by atoms with Crippen LogP contribution in [0.1, 0.15) is 6.42 Å². The average molecular weight is 482 g/mol. The van der Waals surface area contributed by atoms with Crippen molar-refractivity contribution in [1.29, 1.82) is 0 Å². The van der Waals surface area contributed by atoms with Crippen LogP contribution in [-0.4, -0.2) is 50.0 Å². The van der Waals surface area contributed by atoms with Gasteiger partial charge in [0, 0.05) is 0 Å². The van der Waals surface area contributed by atoms with Crippen molar-refractivity contribution in [2.75, 3.05) is 13.2 Å². The third kappa shape index (κ3) is 3.14. The average Bonchev–Trinajstić information content (AvgIpc) is 2.42. The van der Waals surface area contributed by atoms with E-state index in [1.165, 1.54) is 0 Å². The number of thiophene rings is 1. The fourth-order valence-corrected chi connectivity index (χ4v) is 17.8. The molecule has 0 saturated heterocycles. The molecule has 0 radical (unpaired) electrons. The van der Waals surface area contributed by atoms with Gasteiger partial charge in [-0.1, -0.05) is 0 Å². The van der Waals surface area contributed by atoms with Crippen LogP contribution < -0.4 is 15.3 Å². The molecular formula is C13H24O2SSn2. The van der Waals surface area contributed by atoms with E-state index in [2.05, 4.69) is 29.6 Å². The number of fused-ring (bicyclic) bond motifs is 1. The SMILES string of the molecule is [CH3][Sn]([CH3])([CH3])[c]1s[c]([Sn]([CH3])([CH3])[CH3])c2c1OCCCO2. The Bertz CT molecular complexity index is 403. The molecule has 102 valence electrons. The van der Waals surface area contributed by atoms with Crippen molar-refractivity contribution in [3.05, 3.63) is 0 Å². The summed E-state index contributed by atoms with van der Waals surface area (Å²) in [5, 5.41) is 0. The van der Waals surface area contributed by atoms with Gasteiger partial charge >= 0.3 is 124 Å². The van der Waals surface area contributed by atoms with Gasteiger partial charge in [-0.15, -0.1) is 0 Å². The van der Waals surface area contributed by atoms with Crippen LogP contribution in [0.25, 0.3) is 0 Å². The Hall–Kier alpha value is 0.897. The molecule has 0 aliphatic carbocycles. The third-order valence-electron chi connectivity index (χ3n) is 2.97. The van der Waals surface area contributed by atoms with Crippen LogP contribution in [0.15, 0.2) is 0 Å². The van der Waals surface area contributed by atoms with Gasteiger partial charge in [-0.05, 0) is 0 Å².